The molecule has 1 aliphatic rings. The Hall–Kier alpha value is -1.85. The summed E-state index contributed by atoms with van der Waals surface area (Å²) in [4.78, 5) is 11.3. The van der Waals surface area contributed by atoms with Crippen LogP contribution in [0.15, 0.2) is 12.6 Å². The summed E-state index contributed by atoms with van der Waals surface area (Å²) >= 11 is 0. The summed E-state index contributed by atoms with van der Waals surface area (Å²) in [5.41, 5.74) is -2.20. The molecule has 1 heterocycles. The fraction of sp³-hybridized carbons (Fsp3) is 0.182. The molecule has 0 saturated heterocycles. The molecule has 2 nitrogen and oxygen atoms in total. The van der Waals surface area contributed by atoms with E-state index in [1.807, 2.05) is 0 Å². The van der Waals surface area contributed by atoms with Crippen molar-refractivity contribution in [2.24, 2.45) is 0 Å². The molecule has 1 aromatic rings. The molecule has 0 radical (unpaired) electrons. The zero-order valence-corrected chi connectivity index (χ0v) is 8.49. The van der Waals surface area contributed by atoms with Crippen LogP contribution in [0.25, 0.3) is 6.08 Å². The fourth-order valence-corrected chi connectivity index (χ4v) is 1.81. The lowest BCUT2D eigenvalue weighted by atomic mass is 9.98. The maximum atomic E-state index is 13.6. The van der Waals surface area contributed by atoms with Crippen molar-refractivity contribution < 1.29 is 22.4 Å². The lowest BCUT2D eigenvalue weighted by Gasteiger charge is -2.13. The van der Waals surface area contributed by atoms with Crippen LogP contribution in [0, 0.1) is 5.82 Å². The van der Waals surface area contributed by atoms with Crippen molar-refractivity contribution >= 4 is 12.0 Å². The minimum atomic E-state index is -4.83. The number of hydrogen-bond acceptors (Lipinski definition) is 1. The second-order valence-electron chi connectivity index (χ2n) is 3.57. The van der Waals surface area contributed by atoms with E-state index in [4.69, 9.17) is 0 Å². The Balaban J connectivity index is 2.81. The molecule has 1 aliphatic heterocycles. The van der Waals surface area contributed by atoms with Crippen LogP contribution in [0.4, 0.5) is 17.6 Å². The van der Waals surface area contributed by atoms with Gasteiger partial charge in [0.25, 0.3) is 5.91 Å². The number of alkyl halides is 3. The molecule has 6 heteroatoms. The van der Waals surface area contributed by atoms with Gasteiger partial charge in [-0.25, -0.2) is 4.39 Å². The minimum absolute atomic E-state index is 0.145. The molecule has 1 N–H and O–H groups in total. The van der Waals surface area contributed by atoms with Gasteiger partial charge in [0.15, 0.2) is 0 Å². The highest BCUT2D eigenvalue weighted by Crippen LogP contribution is 2.38. The molecule has 0 atom stereocenters. The molecule has 0 unspecified atom stereocenters. The Morgan fingerprint density at radius 1 is 1.41 bits per heavy atom. The van der Waals surface area contributed by atoms with Crippen molar-refractivity contribution in [2.45, 2.75) is 12.7 Å². The maximum Gasteiger partial charge on any atom is 0.419 e. The lowest BCUT2D eigenvalue weighted by molar-refractivity contribution is -0.140. The van der Waals surface area contributed by atoms with E-state index in [0.29, 0.717) is 0 Å². The van der Waals surface area contributed by atoms with Crippen LogP contribution in [0.2, 0.25) is 0 Å². The zero-order valence-electron chi connectivity index (χ0n) is 8.49. The summed E-state index contributed by atoms with van der Waals surface area (Å²) < 4.78 is 51.8. The van der Waals surface area contributed by atoms with E-state index in [9.17, 15) is 22.4 Å². The average molecular weight is 245 g/mol. The van der Waals surface area contributed by atoms with Gasteiger partial charge in [-0.05, 0) is 11.6 Å². The summed E-state index contributed by atoms with van der Waals surface area (Å²) in [5, 5.41) is 2.24. The van der Waals surface area contributed by atoms with Gasteiger partial charge >= 0.3 is 6.18 Å². The molecule has 90 valence electrons. The maximum absolute atomic E-state index is 13.6. The second-order valence-corrected chi connectivity index (χ2v) is 3.57. The second kappa shape index (κ2) is 3.58. The summed E-state index contributed by atoms with van der Waals surface area (Å²) in [6, 6.07) is 1.08. The van der Waals surface area contributed by atoms with Gasteiger partial charge in [-0.15, -0.1) is 0 Å². The van der Waals surface area contributed by atoms with Crippen LogP contribution in [-0.2, 0) is 12.7 Å². The van der Waals surface area contributed by atoms with E-state index in [1.165, 1.54) is 0 Å². The summed E-state index contributed by atoms with van der Waals surface area (Å²) in [5.74, 6) is -2.02. The Labute approximate surface area is 93.9 Å². The van der Waals surface area contributed by atoms with E-state index in [0.717, 1.165) is 12.1 Å². The van der Waals surface area contributed by atoms with Gasteiger partial charge in [0, 0.05) is 17.7 Å². The number of fused-ring (bicyclic) bond motifs is 1. The first-order chi connectivity index (χ1) is 7.86. The molecule has 1 aromatic carbocycles. The highest BCUT2D eigenvalue weighted by molar-refractivity contribution is 5.99. The Morgan fingerprint density at radius 2 is 2.06 bits per heavy atom. The third-order valence-corrected chi connectivity index (χ3v) is 2.57. The first-order valence-corrected chi connectivity index (χ1v) is 4.69. The number of carbonyl (C=O) groups is 1. The number of benzene rings is 1. The normalized spacial score (nSPS) is 14.5. The standard InChI is InChI=1S/C11H7F4NO/c1-2-5-3-6-7(4-16-10(6)17)8(9(5)12)11(13,14)15/h2-3H,1,4H2,(H,16,17). The number of nitrogens with one attached hydrogen (secondary N) is 1. The molecular weight excluding hydrogens is 238 g/mol. The molecule has 0 aromatic heterocycles. The highest BCUT2D eigenvalue weighted by Gasteiger charge is 2.41. The quantitative estimate of drug-likeness (QED) is 0.757. The van der Waals surface area contributed by atoms with Gasteiger partial charge in [0.1, 0.15) is 5.82 Å². The molecule has 1 amide bonds. The minimum Gasteiger partial charge on any atom is -0.348 e. The van der Waals surface area contributed by atoms with Crippen molar-refractivity contribution in [1.29, 1.82) is 0 Å². The third-order valence-electron chi connectivity index (χ3n) is 2.57. The monoisotopic (exact) mass is 245 g/mol. The van der Waals surface area contributed by atoms with Gasteiger partial charge in [-0.1, -0.05) is 12.7 Å². The largest absolute Gasteiger partial charge is 0.419 e. The third kappa shape index (κ3) is 1.69. The summed E-state index contributed by atoms with van der Waals surface area (Å²) in [6.45, 7) is 2.92. The number of halogens is 4. The van der Waals surface area contributed by atoms with E-state index >= 15 is 0 Å². The van der Waals surface area contributed by atoms with E-state index in [2.05, 4.69) is 11.9 Å². The zero-order chi connectivity index (χ0) is 12.8. The number of carbonyl (C=O) groups excluding carboxylic acids is 1. The molecule has 0 fully saturated rings. The van der Waals surface area contributed by atoms with Gasteiger partial charge in [0.2, 0.25) is 0 Å². The molecule has 17 heavy (non-hydrogen) atoms. The predicted octanol–water partition coefficient (Wildman–Crippen LogP) is 2.73. The van der Waals surface area contributed by atoms with Crippen molar-refractivity contribution in [3.05, 3.63) is 40.7 Å². The van der Waals surface area contributed by atoms with E-state index < -0.39 is 23.5 Å². The van der Waals surface area contributed by atoms with Crippen molar-refractivity contribution in [3.8, 4) is 0 Å². The lowest BCUT2D eigenvalue weighted by Crippen LogP contribution is -2.14. The topological polar surface area (TPSA) is 29.1 Å². The predicted molar refractivity (Wildman–Crippen MR) is 52.7 cm³/mol. The van der Waals surface area contributed by atoms with Crippen molar-refractivity contribution in [3.63, 3.8) is 0 Å². The summed E-state index contributed by atoms with van der Waals surface area (Å²) in [6.07, 6.45) is -3.88. The van der Waals surface area contributed by atoms with Gasteiger partial charge < -0.3 is 5.32 Å². The molecule has 0 bridgehead atoms. The smallest absolute Gasteiger partial charge is 0.348 e. The van der Waals surface area contributed by atoms with Crippen LogP contribution in [0.5, 0.6) is 0 Å². The highest BCUT2D eigenvalue weighted by atomic mass is 19.4. The molecule has 2 rings (SSSR count). The van der Waals surface area contributed by atoms with Gasteiger partial charge in [-0.2, -0.15) is 13.2 Å². The Morgan fingerprint density at radius 3 is 2.59 bits per heavy atom. The van der Waals surface area contributed by atoms with E-state index in [1.54, 1.807) is 0 Å². The number of hydrogen-bond donors (Lipinski definition) is 1. The molecule has 0 spiro atoms. The van der Waals surface area contributed by atoms with Crippen molar-refractivity contribution in [2.75, 3.05) is 0 Å². The van der Waals surface area contributed by atoms with Gasteiger partial charge in [-0.3, -0.25) is 4.79 Å². The van der Waals surface area contributed by atoms with Crippen LogP contribution >= 0.6 is 0 Å². The van der Waals surface area contributed by atoms with E-state index in [-0.39, 0.29) is 23.2 Å². The first kappa shape index (κ1) is 11.6. The first-order valence-electron chi connectivity index (χ1n) is 4.69. The number of amides is 1. The van der Waals surface area contributed by atoms with Crippen molar-refractivity contribution in [1.82, 2.24) is 5.32 Å². The average Bonchev–Trinajstić information content (AvgIpc) is 2.57. The Bertz CT molecular complexity index is 519. The van der Waals surface area contributed by atoms with Crippen LogP contribution in [0.3, 0.4) is 0 Å². The van der Waals surface area contributed by atoms with Crippen LogP contribution in [-0.4, -0.2) is 5.91 Å². The SMILES string of the molecule is C=Cc1cc2c(c(C(F)(F)F)c1F)CNC2=O. The molecule has 0 saturated carbocycles. The number of rotatable bonds is 1. The summed E-state index contributed by atoms with van der Waals surface area (Å²) in [7, 11) is 0. The Kier molecular flexibility index (Phi) is 2.45. The molecule has 0 aliphatic carbocycles. The van der Waals surface area contributed by atoms with Crippen LogP contribution < -0.4 is 5.32 Å². The molecular formula is C11H7F4NO. The van der Waals surface area contributed by atoms with Crippen LogP contribution in [0.1, 0.15) is 27.0 Å². The fourth-order valence-electron chi connectivity index (χ4n) is 1.81. The van der Waals surface area contributed by atoms with Gasteiger partial charge in [0.05, 0.1) is 5.56 Å².